The number of benzene rings is 2. The second-order valence-corrected chi connectivity index (χ2v) is 9.34. The van der Waals surface area contributed by atoms with Crippen molar-refractivity contribution in [2.75, 3.05) is 0 Å². The summed E-state index contributed by atoms with van der Waals surface area (Å²) in [6, 6.07) is 6.64. The standard InChI is InChI=1S/C26H30F4/c1-2-3-4-16-5-6-18-12-19(8-7-17(18)11-16)20-9-10-22(23(27)13-20)21-14-24(28)26(30)25(29)15-21/h9-10,13-19H,2-8,11-12H2,1H3. The molecule has 4 atom stereocenters. The zero-order chi connectivity index (χ0) is 21.3. The van der Waals surface area contributed by atoms with Gasteiger partial charge in [-0.2, -0.15) is 0 Å². The van der Waals surface area contributed by atoms with Crippen LogP contribution >= 0.6 is 0 Å². The van der Waals surface area contributed by atoms with Gasteiger partial charge in [0.1, 0.15) is 5.82 Å². The van der Waals surface area contributed by atoms with E-state index >= 15 is 0 Å². The van der Waals surface area contributed by atoms with Crippen molar-refractivity contribution in [3.8, 4) is 11.1 Å². The topological polar surface area (TPSA) is 0 Å². The van der Waals surface area contributed by atoms with Gasteiger partial charge in [-0.15, -0.1) is 0 Å². The first-order chi connectivity index (χ1) is 14.5. The van der Waals surface area contributed by atoms with Gasteiger partial charge >= 0.3 is 0 Å². The van der Waals surface area contributed by atoms with Gasteiger partial charge in [-0.25, -0.2) is 17.6 Å². The molecule has 0 amide bonds. The van der Waals surface area contributed by atoms with E-state index in [-0.39, 0.29) is 11.1 Å². The molecule has 0 N–H and O–H groups in total. The van der Waals surface area contributed by atoms with Gasteiger partial charge < -0.3 is 0 Å². The molecule has 0 saturated heterocycles. The Morgan fingerprint density at radius 1 is 0.800 bits per heavy atom. The fourth-order valence-corrected chi connectivity index (χ4v) is 5.77. The maximum Gasteiger partial charge on any atom is 0.194 e. The van der Waals surface area contributed by atoms with Crippen molar-refractivity contribution < 1.29 is 17.6 Å². The van der Waals surface area contributed by atoms with Crippen LogP contribution in [0.1, 0.15) is 76.2 Å². The van der Waals surface area contributed by atoms with Crippen LogP contribution in [0.25, 0.3) is 11.1 Å². The molecular weight excluding hydrogens is 388 g/mol. The van der Waals surface area contributed by atoms with Crippen LogP contribution in [0.2, 0.25) is 0 Å². The van der Waals surface area contributed by atoms with Crippen molar-refractivity contribution in [1.29, 1.82) is 0 Å². The summed E-state index contributed by atoms with van der Waals surface area (Å²) in [5.41, 5.74) is 1.08. The van der Waals surface area contributed by atoms with E-state index in [1.165, 1.54) is 51.0 Å². The van der Waals surface area contributed by atoms with Gasteiger partial charge in [0.2, 0.25) is 0 Å². The molecule has 162 valence electrons. The highest BCUT2D eigenvalue weighted by Crippen LogP contribution is 2.48. The zero-order valence-corrected chi connectivity index (χ0v) is 17.6. The molecule has 30 heavy (non-hydrogen) atoms. The number of rotatable bonds is 5. The molecule has 2 aliphatic rings. The van der Waals surface area contributed by atoms with Gasteiger partial charge in [0, 0.05) is 5.56 Å². The maximum atomic E-state index is 14.8. The Morgan fingerprint density at radius 3 is 2.20 bits per heavy atom. The molecule has 0 nitrogen and oxygen atoms in total. The van der Waals surface area contributed by atoms with Gasteiger partial charge in [0.15, 0.2) is 17.5 Å². The highest BCUT2D eigenvalue weighted by molar-refractivity contribution is 5.65. The molecule has 4 unspecified atom stereocenters. The average molecular weight is 419 g/mol. The van der Waals surface area contributed by atoms with E-state index in [2.05, 4.69) is 6.92 Å². The minimum absolute atomic E-state index is 0.0181. The molecule has 0 radical (unpaired) electrons. The van der Waals surface area contributed by atoms with Crippen molar-refractivity contribution in [2.45, 2.75) is 70.6 Å². The number of halogens is 4. The maximum absolute atomic E-state index is 14.8. The van der Waals surface area contributed by atoms with Crippen LogP contribution in [0.4, 0.5) is 17.6 Å². The third kappa shape index (κ3) is 4.43. The quantitative estimate of drug-likeness (QED) is 0.338. The fraction of sp³-hybridized carbons (Fsp3) is 0.538. The first-order valence-corrected chi connectivity index (χ1v) is 11.4. The monoisotopic (exact) mass is 418 g/mol. The van der Waals surface area contributed by atoms with Crippen LogP contribution in [0, 0.1) is 41.0 Å². The average Bonchev–Trinajstić information content (AvgIpc) is 2.75. The summed E-state index contributed by atoms with van der Waals surface area (Å²) < 4.78 is 55.1. The molecule has 2 saturated carbocycles. The van der Waals surface area contributed by atoms with Crippen molar-refractivity contribution in [1.82, 2.24) is 0 Å². The fourth-order valence-electron chi connectivity index (χ4n) is 5.77. The Bertz CT molecular complexity index is 868. The summed E-state index contributed by atoms with van der Waals surface area (Å²) in [5, 5.41) is 0. The summed E-state index contributed by atoms with van der Waals surface area (Å²) >= 11 is 0. The Balaban J connectivity index is 1.46. The Morgan fingerprint density at radius 2 is 1.50 bits per heavy atom. The van der Waals surface area contributed by atoms with E-state index in [9.17, 15) is 17.6 Å². The van der Waals surface area contributed by atoms with Crippen LogP contribution in [-0.2, 0) is 0 Å². The molecule has 2 aromatic carbocycles. The summed E-state index contributed by atoms with van der Waals surface area (Å²) in [5.74, 6) is -1.89. The molecule has 0 aliphatic heterocycles. The second-order valence-electron chi connectivity index (χ2n) is 9.34. The number of fused-ring (bicyclic) bond motifs is 1. The van der Waals surface area contributed by atoms with E-state index in [0.29, 0.717) is 5.92 Å². The normalized spacial score (nSPS) is 26.4. The molecule has 4 rings (SSSR count). The van der Waals surface area contributed by atoms with Crippen molar-refractivity contribution in [2.24, 2.45) is 17.8 Å². The highest BCUT2D eigenvalue weighted by atomic mass is 19.2. The molecule has 2 fully saturated rings. The smallest absolute Gasteiger partial charge is 0.194 e. The summed E-state index contributed by atoms with van der Waals surface area (Å²) in [7, 11) is 0. The van der Waals surface area contributed by atoms with E-state index in [0.717, 1.165) is 48.3 Å². The van der Waals surface area contributed by atoms with Crippen LogP contribution in [0.5, 0.6) is 0 Å². The van der Waals surface area contributed by atoms with E-state index < -0.39 is 23.3 Å². The lowest BCUT2D eigenvalue weighted by molar-refractivity contribution is 0.113. The summed E-state index contributed by atoms with van der Waals surface area (Å²) in [6.07, 6.45) is 11.3. The van der Waals surface area contributed by atoms with Gasteiger partial charge in [0.05, 0.1) is 0 Å². The highest BCUT2D eigenvalue weighted by Gasteiger charge is 2.35. The minimum atomic E-state index is -1.53. The predicted octanol–water partition coefficient (Wildman–Crippen LogP) is 8.40. The number of hydrogen-bond acceptors (Lipinski definition) is 0. The van der Waals surface area contributed by atoms with Gasteiger partial charge in [-0.1, -0.05) is 44.7 Å². The van der Waals surface area contributed by atoms with E-state index in [1.807, 2.05) is 6.07 Å². The lowest BCUT2D eigenvalue weighted by Crippen LogP contribution is -2.30. The SMILES string of the molecule is CCCCC1CCC2CC(c3ccc(-c4cc(F)c(F)c(F)c4)c(F)c3)CCC2C1. The lowest BCUT2D eigenvalue weighted by Gasteiger charge is -2.42. The largest absolute Gasteiger partial charge is 0.206 e. The third-order valence-corrected chi connectivity index (χ3v) is 7.45. The first-order valence-electron chi connectivity index (χ1n) is 11.4. The molecule has 2 aliphatic carbocycles. The van der Waals surface area contributed by atoms with Gasteiger partial charge in [-0.05, 0) is 85.1 Å². The molecule has 2 aromatic rings. The Hall–Kier alpha value is -1.84. The zero-order valence-electron chi connectivity index (χ0n) is 17.6. The predicted molar refractivity (Wildman–Crippen MR) is 112 cm³/mol. The van der Waals surface area contributed by atoms with E-state index in [1.54, 1.807) is 6.07 Å². The lowest BCUT2D eigenvalue weighted by atomic mass is 9.63. The van der Waals surface area contributed by atoms with Gasteiger partial charge in [0.25, 0.3) is 0 Å². The van der Waals surface area contributed by atoms with E-state index in [4.69, 9.17) is 0 Å². The molecule has 4 heteroatoms. The summed E-state index contributed by atoms with van der Waals surface area (Å²) in [4.78, 5) is 0. The molecule has 0 aromatic heterocycles. The Kier molecular flexibility index (Phi) is 6.50. The van der Waals surface area contributed by atoms with Crippen LogP contribution < -0.4 is 0 Å². The molecule has 0 heterocycles. The Labute approximate surface area is 176 Å². The molecular formula is C26H30F4. The first kappa shape index (κ1) is 21.4. The van der Waals surface area contributed by atoms with Crippen LogP contribution in [0.3, 0.4) is 0 Å². The van der Waals surface area contributed by atoms with Crippen LogP contribution in [0.15, 0.2) is 30.3 Å². The van der Waals surface area contributed by atoms with Crippen LogP contribution in [-0.4, -0.2) is 0 Å². The van der Waals surface area contributed by atoms with Crippen molar-refractivity contribution >= 4 is 0 Å². The van der Waals surface area contributed by atoms with Crippen molar-refractivity contribution in [3.05, 3.63) is 59.2 Å². The number of unbranched alkanes of at least 4 members (excludes halogenated alkanes) is 1. The van der Waals surface area contributed by atoms with Crippen molar-refractivity contribution in [3.63, 3.8) is 0 Å². The minimum Gasteiger partial charge on any atom is -0.206 e. The van der Waals surface area contributed by atoms with Gasteiger partial charge in [-0.3, -0.25) is 0 Å². The molecule has 0 bridgehead atoms. The third-order valence-electron chi connectivity index (χ3n) is 7.45. The summed E-state index contributed by atoms with van der Waals surface area (Å²) in [6.45, 7) is 2.25. The molecule has 0 spiro atoms. The second kappa shape index (κ2) is 9.11. The number of hydrogen-bond donors (Lipinski definition) is 0.